The number of nitrogens with two attached hydrogens (primary N) is 1. The van der Waals surface area contributed by atoms with Crippen molar-refractivity contribution in [3.8, 4) is 0 Å². The molecule has 0 rings (SSSR count). The van der Waals surface area contributed by atoms with E-state index in [0.717, 1.165) is 19.5 Å². The van der Waals surface area contributed by atoms with E-state index < -0.39 is 0 Å². The van der Waals surface area contributed by atoms with Crippen LogP contribution in [-0.2, 0) is 0 Å². The summed E-state index contributed by atoms with van der Waals surface area (Å²) < 4.78 is 0. The highest BCUT2D eigenvalue weighted by Gasteiger charge is 2.24. The van der Waals surface area contributed by atoms with Crippen LogP contribution in [0.4, 0.5) is 0 Å². The fraction of sp³-hybridized carbons (Fsp3) is 1.00. The van der Waals surface area contributed by atoms with Crippen LogP contribution in [0.2, 0.25) is 0 Å². The summed E-state index contributed by atoms with van der Waals surface area (Å²) in [7, 11) is 0. The Morgan fingerprint density at radius 1 is 1.12 bits per heavy atom. The fourth-order valence-corrected chi connectivity index (χ4v) is 2.19. The van der Waals surface area contributed by atoms with Crippen molar-refractivity contribution in [3.05, 3.63) is 0 Å². The average molecular weight is 230 g/mol. The number of hydrogen-bond donors (Lipinski definition) is 2. The number of nitrogens with zero attached hydrogens (tertiary/aromatic N) is 1. The monoisotopic (exact) mass is 230 g/mol. The smallest absolute Gasteiger partial charge is 0.0601 e. The number of aliphatic hydroxyl groups is 1. The maximum Gasteiger partial charge on any atom is 0.0601 e. The minimum absolute atomic E-state index is 0.0729. The van der Waals surface area contributed by atoms with E-state index in [1.165, 1.54) is 0 Å². The van der Waals surface area contributed by atoms with E-state index >= 15 is 0 Å². The molecule has 0 saturated carbocycles. The van der Waals surface area contributed by atoms with E-state index in [4.69, 9.17) is 5.73 Å². The summed E-state index contributed by atoms with van der Waals surface area (Å²) in [6.45, 7) is 13.0. The van der Waals surface area contributed by atoms with Gasteiger partial charge < -0.3 is 10.8 Å². The van der Waals surface area contributed by atoms with Gasteiger partial charge in [0.25, 0.3) is 0 Å². The first-order valence-electron chi connectivity index (χ1n) is 6.52. The normalized spacial score (nSPS) is 16.1. The molecule has 0 radical (unpaired) electrons. The standard InChI is InChI=1S/C13H30N2O/c1-6-15(8-11(4)5)13(9-16)12(14)7-10(2)3/h10-13,16H,6-9,14H2,1-5H3. The lowest BCUT2D eigenvalue weighted by Crippen LogP contribution is -2.51. The van der Waals surface area contributed by atoms with Crippen molar-refractivity contribution in [3.63, 3.8) is 0 Å². The topological polar surface area (TPSA) is 49.5 Å². The van der Waals surface area contributed by atoms with Crippen LogP contribution in [0.25, 0.3) is 0 Å². The minimum Gasteiger partial charge on any atom is -0.395 e. The summed E-state index contributed by atoms with van der Waals surface area (Å²) in [5.41, 5.74) is 6.18. The molecule has 0 heterocycles. The average Bonchev–Trinajstić information content (AvgIpc) is 2.15. The van der Waals surface area contributed by atoms with Crippen molar-refractivity contribution >= 4 is 0 Å². The van der Waals surface area contributed by atoms with Gasteiger partial charge in [-0.05, 0) is 24.8 Å². The van der Waals surface area contributed by atoms with Crippen molar-refractivity contribution in [2.45, 2.75) is 53.1 Å². The molecular weight excluding hydrogens is 200 g/mol. The van der Waals surface area contributed by atoms with Crippen molar-refractivity contribution in [2.24, 2.45) is 17.6 Å². The summed E-state index contributed by atoms with van der Waals surface area (Å²) >= 11 is 0. The third-order valence-corrected chi connectivity index (χ3v) is 2.90. The summed E-state index contributed by atoms with van der Waals surface area (Å²) in [5.74, 6) is 1.20. The largest absolute Gasteiger partial charge is 0.395 e. The van der Waals surface area contributed by atoms with Crippen LogP contribution in [0.5, 0.6) is 0 Å². The van der Waals surface area contributed by atoms with Crippen LogP contribution in [0.1, 0.15) is 41.0 Å². The molecule has 0 fully saturated rings. The summed E-state index contributed by atoms with van der Waals surface area (Å²) in [5, 5.41) is 9.50. The van der Waals surface area contributed by atoms with Crippen LogP contribution in [0, 0.1) is 11.8 Å². The molecule has 0 bridgehead atoms. The molecule has 0 amide bonds. The minimum atomic E-state index is 0.0729. The Hall–Kier alpha value is -0.120. The van der Waals surface area contributed by atoms with Crippen molar-refractivity contribution in [1.29, 1.82) is 0 Å². The highest BCUT2D eigenvalue weighted by Crippen LogP contribution is 2.13. The van der Waals surface area contributed by atoms with E-state index in [1.807, 2.05) is 0 Å². The third-order valence-electron chi connectivity index (χ3n) is 2.90. The second-order valence-corrected chi connectivity index (χ2v) is 5.52. The number of aliphatic hydroxyl groups excluding tert-OH is 1. The fourth-order valence-electron chi connectivity index (χ4n) is 2.19. The molecule has 0 aliphatic rings. The molecule has 16 heavy (non-hydrogen) atoms. The second-order valence-electron chi connectivity index (χ2n) is 5.52. The van der Waals surface area contributed by atoms with Gasteiger partial charge in [-0.3, -0.25) is 4.90 Å². The lowest BCUT2D eigenvalue weighted by molar-refractivity contribution is 0.0926. The van der Waals surface area contributed by atoms with Gasteiger partial charge in [0.2, 0.25) is 0 Å². The Morgan fingerprint density at radius 3 is 2.00 bits per heavy atom. The molecule has 0 saturated heterocycles. The second kappa shape index (κ2) is 8.04. The van der Waals surface area contributed by atoms with Crippen molar-refractivity contribution in [2.75, 3.05) is 19.7 Å². The molecular formula is C13H30N2O. The predicted octanol–water partition coefficient (Wildman–Crippen LogP) is 1.70. The molecule has 0 spiro atoms. The SMILES string of the molecule is CCN(CC(C)C)C(CO)C(N)CC(C)C. The lowest BCUT2D eigenvalue weighted by atomic mass is 9.97. The first-order chi connectivity index (χ1) is 7.42. The van der Waals surface area contributed by atoms with Gasteiger partial charge in [-0.15, -0.1) is 0 Å². The molecule has 2 unspecified atom stereocenters. The summed E-state index contributed by atoms with van der Waals surface area (Å²) in [6.07, 6.45) is 0.972. The quantitative estimate of drug-likeness (QED) is 0.667. The first kappa shape index (κ1) is 15.9. The molecule has 2 atom stereocenters. The Labute approximate surface area is 101 Å². The number of rotatable bonds is 8. The van der Waals surface area contributed by atoms with E-state index in [0.29, 0.717) is 11.8 Å². The predicted molar refractivity (Wildman–Crippen MR) is 70.4 cm³/mol. The van der Waals surface area contributed by atoms with Gasteiger partial charge in [-0.1, -0.05) is 34.6 Å². The van der Waals surface area contributed by atoms with Crippen molar-refractivity contribution in [1.82, 2.24) is 4.90 Å². The highest BCUT2D eigenvalue weighted by molar-refractivity contribution is 4.82. The maximum absolute atomic E-state index is 9.50. The van der Waals surface area contributed by atoms with Gasteiger partial charge in [-0.25, -0.2) is 0 Å². The van der Waals surface area contributed by atoms with Gasteiger partial charge >= 0.3 is 0 Å². The molecule has 0 aliphatic carbocycles. The van der Waals surface area contributed by atoms with Gasteiger partial charge in [0.15, 0.2) is 0 Å². The zero-order valence-electron chi connectivity index (χ0n) is 11.6. The van der Waals surface area contributed by atoms with Gasteiger partial charge in [-0.2, -0.15) is 0 Å². The first-order valence-corrected chi connectivity index (χ1v) is 6.52. The van der Waals surface area contributed by atoms with Crippen molar-refractivity contribution < 1.29 is 5.11 Å². The van der Waals surface area contributed by atoms with Crippen LogP contribution < -0.4 is 5.73 Å². The molecule has 0 aromatic carbocycles. The molecule has 3 N–H and O–H groups in total. The van der Waals surface area contributed by atoms with E-state index in [-0.39, 0.29) is 18.7 Å². The van der Waals surface area contributed by atoms with E-state index in [2.05, 4.69) is 39.5 Å². The van der Waals surface area contributed by atoms with Crippen LogP contribution in [0.3, 0.4) is 0 Å². The lowest BCUT2D eigenvalue weighted by Gasteiger charge is -2.35. The molecule has 0 aromatic rings. The third kappa shape index (κ3) is 5.83. The van der Waals surface area contributed by atoms with E-state index in [9.17, 15) is 5.11 Å². The van der Waals surface area contributed by atoms with Gasteiger partial charge in [0.1, 0.15) is 0 Å². The Kier molecular flexibility index (Phi) is 7.98. The number of likely N-dealkylation sites (N-methyl/N-ethyl adjacent to an activating group) is 1. The number of hydrogen-bond acceptors (Lipinski definition) is 3. The molecule has 0 aliphatic heterocycles. The highest BCUT2D eigenvalue weighted by atomic mass is 16.3. The Morgan fingerprint density at radius 2 is 1.69 bits per heavy atom. The maximum atomic E-state index is 9.50. The van der Waals surface area contributed by atoms with E-state index in [1.54, 1.807) is 0 Å². The summed E-state index contributed by atoms with van der Waals surface area (Å²) in [4.78, 5) is 2.30. The zero-order valence-corrected chi connectivity index (χ0v) is 11.6. The molecule has 98 valence electrons. The van der Waals surface area contributed by atoms with Crippen LogP contribution in [-0.4, -0.2) is 41.8 Å². The molecule has 3 heteroatoms. The summed E-state index contributed by atoms with van der Waals surface area (Å²) in [6, 6.07) is 0.179. The van der Waals surface area contributed by atoms with Crippen LogP contribution in [0.15, 0.2) is 0 Å². The Bertz CT molecular complexity index is 171. The van der Waals surface area contributed by atoms with Gasteiger partial charge in [0, 0.05) is 18.6 Å². The molecule has 0 aromatic heterocycles. The Balaban J connectivity index is 4.41. The zero-order chi connectivity index (χ0) is 12.7. The molecule has 3 nitrogen and oxygen atoms in total. The van der Waals surface area contributed by atoms with Gasteiger partial charge in [0.05, 0.1) is 6.61 Å². The van der Waals surface area contributed by atoms with Crippen LogP contribution >= 0.6 is 0 Å².